The number of esters is 1. The summed E-state index contributed by atoms with van der Waals surface area (Å²) in [6.45, 7) is 5.31. The van der Waals surface area contributed by atoms with Crippen LogP contribution in [0.2, 0.25) is 0 Å². The molecule has 0 amide bonds. The summed E-state index contributed by atoms with van der Waals surface area (Å²) in [5.74, 6) is 1.44. The highest BCUT2D eigenvalue weighted by Gasteiger charge is 2.11. The number of nitrogens with zero attached hydrogens (tertiary/aromatic N) is 1. The van der Waals surface area contributed by atoms with E-state index in [1.54, 1.807) is 13.1 Å². The van der Waals surface area contributed by atoms with Gasteiger partial charge in [-0.25, -0.2) is 0 Å². The van der Waals surface area contributed by atoms with Crippen LogP contribution in [-0.4, -0.2) is 29.3 Å². The minimum absolute atomic E-state index is 0.186. The van der Waals surface area contributed by atoms with E-state index < -0.39 is 0 Å². The summed E-state index contributed by atoms with van der Waals surface area (Å²) < 4.78 is 10.4. The Hall–Kier alpha value is -2.08. The summed E-state index contributed by atoms with van der Waals surface area (Å²) in [4.78, 5) is 11.2. The van der Waals surface area contributed by atoms with Gasteiger partial charge in [-0.1, -0.05) is 0 Å². The van der Waals surface area contributed by atoms with Crippen molar-refractivity contribution in [3.8, 4) is 11.5 Å². The van der Waals surface area contributed by atoms with Gasteiger partial charge in [0.05, 0.1) is 19.2 Å². The van der Waals surface area contributed by atoms with Crippen molar-refractivity contribution < 1.29 is 13.9 Å². The number of nitrogens with one attached hydrogen (secondary N) is 2. The Labute approximate surface area is 117 Å². The number of aromatic nitrogens is 2. The molecule has 0 unspecified atom stereocenters. The summed E-state index contributed by atoms with van der Waals surface area (Å²) >= 11 is 0. The second-order valence-corrected chi connectivity index (χ2v) is 4.41. The molecule has 0 aromatic carbocycles. The van der Waals surface area contributed by atoms with Crippen molar-refractivity contribution in [2.24, 2.45) is 0 Å². The van der Waals surface area contributed by atoms with E-state index in [2.05, 4.69) is 15.5 Å². The van der Waals surface area contributed by atoms with Gasteiger partial charge in [-0.05, 0) is 26.0 Å². The lowest BCUT2D eigenvalue weighted by Crippen LogP contribution is -2.19. The molecule has 20 heavy (non-hydrogen) atoms. The van der Waals surface area contributed by atoms with Crippen molar-refractivity contribution in [1.82, 2.24) is 15.5 Å². The molecule has 0 aliphatic heterocycles. The summed E-state index contributed by atoms with van der Waals surface area (Å²) in [7, 11) is 0. The van der Waals surface area contributed by atoms with Gasteiger partial charge in [0.15, 0.2) is 5.76 Å². The van der Waals surface area contributed by atoms with Gasteiger partial charge in [-0.15, -0.1) is 0 Å². The van der Waals surface area contributed by atoms with Crippen molar-refractivity contribution in [2.45, 2.75) is 26.8 Å². The zero-order valence-electron chi connectivity index (χ0n) is 11.7. The van der Waals surface area contributed by atoms with Gasteiger partial charge in [-0.3, -0.25) is 9.89 Å². The minimum atomic E-state index is -0.186. The zero-order chi connectivity index (χ0) is 14.4. The van der Waals surface area contributed by atoms with Crippen LogP contribution in [0.5, 0.6) is 0 Å². The van der Waals surface area contributed by atoms with E-state index in [4.69, 9.17) is 9.15 Å². The van der Waals surface area contributed by atoms with Gasteiger partial charge in [0.1, 0.15) is 11.5 Å². The molecule has 0 aliphatic carbocycles. The van der Waals surface area contributed by atoms with Crippen molar-refractivity contribution in [3.63, 3.8) is 0 Å². The van der Waals surface area contributed by atoms with Gasteiger partial charge in [0.25, 0.3) is 0 Å². The molecule has 2 aromatic heterocycles. The molecule has 6 heteroatoms. The Morgan fingerprint density at radius 2 is 2.35 bits per heavy atom. The number of carbonyl (C=O) groups excluding carboxylic acids is 1. The zero-order valence-corrected chi connectivity index (χ0v) is 11.7. The first kappa shape index (κ1) is 14.3. The fourth-order valence-corrected chi connectivity index (χ4v) is 1.87. The molecule has 6 nitrogen and oxygen atoms in total. The van der Waals surface area contributed by atoms with Gasteiger partial charge in [-0.2, -0.15) is 5.10 Å². The molecule has 0 bridgehead atoms. The first-order chi connectivity index (χ1) is 9.70. The van der Waals surface area contributed by atoms with E-state index in [-0.39, 0.29) is 5.97 Å². The van der Waals surface area contributed by atoms with E-state index >= 15 is 0 Å². The lowest BCUT2D eigenvalue weighted by molar-refractivity contribution is -0.142. The smallest absolute Gasteiger partial charge is 0.307 e. The first-order valence-electron chi connectivity index (χ1n) is 6.66. The standard InChI is InChI=1S/C14H19N3O3/c1-3-19-13(18)6-7-15-8-11-9-16-17-14(11)12-5-4-10(2)20-12/h4-5,9,15H,3,6-8H2,1-2H3,(H,16,17). The topological polar surface area (TPSA) is 80.1 Å². The lowest BCUT2D eigenvalue weighted by Gasteiger charge is -2.04. The molecule has 2 rings (SSSR count). The molecule has 0 aliphatic rings. The van der Waals surface area contributed by atoms with Crippen LogP contribution >= 0.6 is 0 Å². The van der Waals surface area contributed by atoms with Crippen molar-refractivity contribution in [3.05, 3.63) is 29.7 Å². The number of furan rings is 1. The quantitative estimate of drug-likeness (QED) is 0.598. The summed E-state index contributed by atoms with van der Waals surface area (Å²) in [5.41, 5.74) is 1.87. The monoisotopic (exact) mass is 277 g/mol. The second-order valence-electron chi connectivity index (χ2n) is 4.41. The predicted molar refractivity (Wildman–Crippen MR) is 74.0 cm³/mol. The number of aromatic amines is 1. The Morgan fingerprint density at radius 1 is 1.50 bits per heavy atom. The summed E-state index contributed by atoms with van der Waals surface area (Å²) in [6, 6.07) is 3.82. The number of hydrogen-bond donors (Lipinski definition) is 2. The number of hydrogen-bond acceptors (Lipinski definition) is 5. The highest BCUT2D eigenvalue weighted by Crippen LogP contribution is 2.23. The van der Waals surface area contributed by atoms with Gasteiger partial charge in [0, 0.05) is 18.7 Å². The normalized spacial score (nSPS) is 10.7. The molecule has 2 aromatic rings. The maximum atomic E-state index is 11.2. The third-order valence-corrected chi connectivity index (χ3v) is 2.83. The fourth-order valence-electron chi connectivity index (χ4n) is 1.87. The van der Waals surface area contributed by atoms with Crippen LogP contribution < -0.4 is 5.32 Å². The minimum Gasteiger partial charge on any atom is -0.466 e. The second kappa shape index (κ2) is 6.91. The van der Waals surface area contributed by atoms with Crippen LogP contribution in [0.1, 0.15) is 24.7 Å². The highest BCUT2D eigenvalue weighted by molar-refractivity contribution is 5.69. The Bertz CT molecular complexity index is 560. The summed E-state index contributed by atoms with van der Waals surface area (Å²) in [6.07, 6.45) is 2.12. The van der Waals surface area contributed by atoms with E-state index in [0.29, 0.717) is 26.1 Å². The molecule has 0 radical (unpaired) electrons. The average Bonchev–Trinajstić information content (AvgIpc) is 3.03. The SMILES string of the molecule is CCOC(=O)CCNCc1cn[nH]c1-c1ccc(C)o1. The molecule has 0 fully saturated rings. The number of carbonyl (C=O) groups is 1. The number of H-pyrrole nitrogens is 1. The van der Waals surface area contributed by atoms with Crippen LogP contribution in [0.15, 0.2) is 22.7 Å². The van der Waals surface area contributed by atoms with Crippen LogP contribution in [0.3, 0.4) is 0 Å². The number of aryl methyl sites for hydroxylation is 1. The lowest BCUT2D eigenvalue weighted by atomic mass is 10.2. The molecule has 0 saturated carbocycles. The van der Waals surface area contributed by atoms with Crippen molar-refractivity contribution >= 4 is 5.97 Å². The summed E-state index contributed by atoms with van der Waals surface area (Å²) in [5, 5.41) is 10.2. The van der Waals surface area contributed by atoms with E-state index in [1.807, 2.05) is 19.1 Å². The van der Waals surface area contributed by atoms with Crippen LogP contribution in [0, 0.1) is 6.92 Å². The molecule has 108 valence electrons. The van der Waals surface area contributed by atoms with Gasteiger partial charge >= 0.3 is 5.97 Å². The van der Waals surface area contributed by atoms with Crippen LogP contribution in [0.4, 0.5) is 0 Å². The van der Waals surface area contributed by atoms with Crippen LogP contribution in [-0.2, 0) is 16.1 Å². The molecule has 0 saturated heterocycles. The highest BCUT2D eigenvalue weighted by atomic mass is 16.5. The van der Waals surface area contributed by atoms with Gasteiger partial charge in [0.2, 0.25) is 0 Å². The average molecular weight is 277 g/mol. The maximum Gasteiger partial charge on any atom is 0.307 e. The molecule has 2 heterocycles. The van der Waals surface area contributed by atoms with E-state index in [0.717, 1.165) is 22.8 Å². The third kappa shape index (κ3) is 3.71. The maximum absolute atomic E-state index is 11.2. The fraction of sp³-hybridized carbons (Fsp3) is 0.429. The van der Waals surface area contributed by atoms with Crippen LogP contribution in [0.25, 0.3) is 11.5 Å². The Balaban J connectivity index is 1.85. The Kier molecular flexibility index (Phi) is 4.95. The van der Waals surface area contributed by atoms with E-state index in [9.17, 15) is 4.79 Å². The van der Waals surface area contributed by atoms with Crippen molar-refractivity contribution in [2.75, 3.05) is 13.2 Å². The largest absolute Gasteiger partial charge is 0.466 e. The molecule has 0 spiro atoms. The molecule has 2 N–H and O–H groups in total. The van der Waals surface area contributed by atoms with Gasteiger partial charge < -0.3 is 14.5 Å². The molecular weight excluding hydrogens is 258 g/mol. The molecular formula is C14H19N3O3. The predicted octanol–water partition coefficient (Wildman–Crippen LogP) is 2.02. The number of rotatable bonds is 7. The Morgan fingerprint density at radius 3 is 3.05 bits per heavy atom. The number of ether oxygens (including phenoxy) is 1. The molecule has 0 atom stereocenters. The van der Waals surface area contributed by atoms with Crippen molar-refractivity contribution in [1.29, 1.82) is 0 Å². The third-order valence-electron chi connectivity index (χ3n) is 2.83. The first-order valence-corrected chi connectivity index (χ1v) is 6.66. The van der Waals surface area contributed by atoms with E-state index in [1.165, 1.54) is 0 Å².